The first-order valence-electron chi connectivity index (χ1n) is 5.60. The molecular formula is C11H24N2O. The smallest absolute Gasteiger partial charge is 0.170 e. The Bertz CT molecular complexity index is 161. The van der Waals surface area contributed by atoms with Crippen LogP contribution in [0.15, 0.2) is 10.2 Å². The first-order chi connectivity index (χ1) is 6.45. The Morgan fingerprint density at radius 1 is 1.21 bits per heavy atom. The normalized spacial score (nSPS) is 14.9. The quantitative estimate of drug-likeness (QED) is 0.496. The van der Waals surface area contributed by atoms with Gasteiger partial charge in [-0.3, -0.25) is 0 Å². The zero-order valence-corrected chi connectivity index (χ0v) is 9.95. The first-order valence-corrected chi connectivity index (χ1v) is 5.60. The van der Waals surface area contributed by atoms with E-state index in [2.05, 4.69) is 17.2 Å². The predicted molar refractivity (Wildman–Crippen MR) is 59.4 cm³/mol. The third-order valence-electron chi connectivity index (χ3n) is 1.98. The van der Waals surface area contributed by atoms with E-state index >= 15 is 0 Å². The van der Waals surface area contributed by atoms with Gasteiger partial charge in [0.2, 0.25) is 0 Å². The molecule has 0 rings (SSSR count). The number of hydrogen-bond acceptors (Lipinski definition) is 3. The van der Waals surface area contributed by atoms with Crippen LogP contribution in [0.2, 0.25) is 0 Å². The molecule has 0 radical (unpaired) electrons. The molecule has 0 aromatic carbocycles. The molecule has 0 aromatic rings. The molecule has 0 aliphatic heterocycles. The van der Waals surface area contributed by atoms with Gasteiger partial charge in [0.25, 0.3) is 0 Å². The second-order valence-corrected chi connectivity index (χ2v) is 4.41. The molecule has 0 heterocycles. The molecule has 0 aliphatic carbocycles. The summed E-state index contributed by atoms with van der Waals surface area (Å²) in [6.45, 7) is 7.53. The highest BCUT2D eigenvalue weighted by Gasteiger charge is 2.09. The summed E-state index contributed by atoms with van der Waals surface area (Å²) in [7, 11) is 0. The number of rotatable bonds is 7. The number of unbranched alkanes of at least 4 members (excludes halogenated alkanes) is 3. The Morgan fingerprint density at radius 2 is 1.86 bits per heavy atom. The predicted octanol–water partition coefficient (Wildman–Crippen LogP) is 3.53. The maximum atomic E-state index is 9.32. The van der Waals surface area contributed by atoms with Crippen molar-refractivity contribution < 1.29 is 5.11 Å². The monoisotopic (exact) mass is 200 g/mol. The van der Waals surface area contributed by atoms with Crippen LogP contribution < -0.4 is 0 Å². The molecule has 0 saturated heterocycles. The second kappa shape index (κ2) is 6.93. The highest BCUT2D eigenvalue weighted by Crippen LogP contribution is 2.10. The van der Waals surface area contributed by atoms with Gasteiger partial charge in [0.15, 0.2) is 5.72 Å². The average Bonchev–Trinajstić information content (AvgIpc) is 2.08. The summed E-state index contributed by atoms with van der Waals surface area (Å²) >= 11 is 0. The standard InChI is InChI=1S/C11H24N2O/c1-5-6-7-8-9-10(2)12-13-11(3,4)14/h10,14H,5-9H2,1-4H3. The SMILES string of the molecule is CCCCCCC(C)N=NC(C)(C)O. The van der Waals surface area contributed by atoms with Crippen LogP contribution in [-0.4, -0.2) is 16.9 Å². The van der Waals surface area contributed by atoms with Crippen LogP contribution in [0.25, 0.3) is 0 Å². The van der Waals surface area contributed by atoms with Crippen molar-refractivity contribution in [2.75, 3.05) is 0 Å². The molecule has 1 N–H and O–H groups in total. The van der Waals surface area contributed by atoms with Crippen molar-refractivity contribution in [2.45, 2.75) is 71.6 Å². The van der Waals surface area contributed by atoms with Crippen LogP contribution in [0.5, 0.6) is 0 Å². The van der Waals surface area contributed by atoms with Gasteiger partial charge in [-0.05, 0) is 27.2 Å². The maximum absolute atomic E-state index is 9.32. The fourth-order valence-electron chi connectivity index (χ4n) is 1.16. The molecule has 14 heavy (non-hydrogen) atoms. The zero-order chi connectivity index (χ0) is 11.0. The molecule has 0 aromatic heterocycles. The fourth-order valence-corrected chi connectivity index (χ4v) is 1.16. The lowest BCUT2D eigenvalue weighted by atomic mass is 10.1. The van der Waals surface area contributed by atoms with E-state index in [9.17, 15) is 5.11 Å². The Morgan fingerprint density at radius 3 is 2.36 bits per heavy atom. The molecule has 0 aliphatic rings. The molecule has 84 valence electrons. The number of hydrogen-bond donors (Lipinski definition) is 1. The second-order valence-electron chi connectivity index (χ2n) is 4.41. The molecule has 1 atom stereocenters. The van der Waals surface area contributed by atoms with Gasteiger partial charge in [-0.2, -0.15) is 10.2 Å². The molecule has 0 fully saturated rings. The van der Waals surface area contributed by atoms with Gasteiger partial charge in [0.05, 0.1) is 6.04 Å². The lowest BCUT2D eigenvalue weighted by molar-refractivity contribution is 0.0803. The van der Waals surface area contributed by atoms with E-state index in [1.807, 2.05) is 6.92 Å². The van der Waals surface area contributed by atoms with Crippen molar-refractivity contribution in [3.8, 4) is 0 Å². The van der Waals surface area contributed by atoms with Gasteiger partial charge in [0, 0.05) is 0 Å². The van der Waals surface area contributed by atoms with Gasteiger partial charge < -0.3 is 5.11 Å². The van der Waals surface area contributed by atoms with E-state index in [1.165, 1.54) is 25.7 Å². The van der Waals surface area contributed by atoms with Crippen LogP contribution >= 0.6 is 0 Å². The molecule has 0 bridgehead atoms. The molecule has 1 unspecified atom stereocenters. The van der Waals surface area contributed by atoms with Crippen molar-refractivity contribution in [3.05, 3.63) is 0 Å². The number of aliphatic hydroxyl groups is 1. The Hall–Kier alpha value is -0.440. The van der Waals surface area contributed by atoms with Crippen molar-refractivity contribution >= 4 is 0 Å². The van der Waals surface area contributed by atoms with Gasteiger partial charge >= 0.3 is 0 Å². The summed E-state index contributed by atoms with van der Waals surface area (Å²) in [5, 5.41) is 17.2. The van der Waals surface area contributed by atoms with Crippen molar-refractivity contribution in [2.24, 2.45) is 10.2 Å². The van der Waals surface area contributed by atoms with E-state index in [0.29, 0.717) is 0 Å². The Balaban J connectivity index is 3.55. The summed E-state index contributed by atoms with van der Waals surface area (Å²) in [5.41, 5.74) is -1.02. The highest BCUT2D eigenvalue weighted by atomic mass is 16.3. The minimum absolute atomic E-state index is 0.235. The summed E-state index contributed by atoms with van der Waals surface area (Å²) in [4.78, 5) is 0. The van der Waals surface area contributed by atoms with E-state index in [1.54, 1.807) is 13.8 Å². The van der Waals surface area contributed by atoms with E-state index in [-0.39, 0.29) is 6.04 Å². The highest BCUT2D eigenvalue weighted by molar-refractivity contribution is 4.62. The number of azo groups is 1. The Kier molecular flexibility index (Phi) is 6.71. The van der Waals surface area contributed by atoms with Gasteiger partial charge in [-0.15, -0.1) is 0 Å². The van der Waals surface area contributed by atoms with E-state index < -0.39 is 5.72 Å². The molecule has 3 nitrogen and oxygen atoms in total. The van der Waals surface area contributed by atoms with Gasteiger partial charge in [-0.1, -0.05) is 32.6 Å². The van der Waals surface area contributed by atoms with Gasteiger partial charge in [0.1, 0.15) is 0 Å². The maximum Gasteiger partial charge on any atom is 0.170 e. The lowest BCUT2D eigenvalue weighted by Gasteiger charge is -2.10. The van der Waals surface area contributed by atoms with Crippen molar-refractivity contribution in [3.63, 3.8) is 0 Å². The zero-order valence-electron chi connectivity index (χ0n) is 9.95. The topological polar surface area (TPSA) is 45.0 Å². The molecular weight excluding hydrogens is 176 g/mol. The summed E-state index contributed by atoms with van der Waals surface area (Å²) in [6, 6.07) is 0.235. The van der Waals surface area contributed by atoms with Crippen LogP contribution in [0.4, 0.5) is 0 Å². The minimum Gasteiger partial charge on any atom is -0.368 e. The summed E-state index contributed by atoms with van der Waals surface area (Å²) in [6.07, 6.45) is 6.12. The molecule has 3 heteroatoms. The summed E-state index contributed by atoms with van der Waals surface area (Å²) < 4.78 is 0. The molecule has 0 spiro atoms. The molecule has 0 amide bonds. The first kappa shape index (κ1) is 13.6. The van der Waals surface area contributed by atoms with E-state index in [0.717, 1.165) is 6.42 Å². The molecule has 0 saturated carbocycles. The fraction of sp³-hybridized carbons (Fsp3) is 1.00. The van der Waals surface area contributed by atoms with Crippen molar-refractivity contribution in [1.29, 1.82) is 0 Å². The number of nitrogens with zero attached hydrogens (tertiary/aromatic N) is 2. The van der Waals surface area contributed by atoms with Crippen LogP contribution in [0.1, 0.15) is 59.8 Å². The largest absolute Gasteiger partial charge is 0.368 e. The van der Waals surface area contributed by atoms with Crippen LogP contribution in [0.3, 0.4) is 0 Å². The lowest BCUT2D eigenvalue weighted by Crippen LogP contribution is -2.14. The van der Waals surface area contributed by atoms with E-state index in [4.69, 9.17) is 0 Å². The van der Waals surface area contributed by atoms with Crippen LogP contribution in [0, 0.1) is 0 Å². The van der Waals surface area contributed by atoms with Crippen LogP contribution in [-0.2, 0) is 0 Å². The third kappa shape index (κ3) is 9.65. The van der Waals surface area contributed by atoms with Crippen molar-refractivity contribution in [1.82, 2.24) is 0 Å². The minimum atomic E-state index is -1.02. The third-order valence-corrected chi connectivity index (χ3v) is 1.98. The average molecular weight is 200 g/mol. The summed E-state index contributed by atoms with van der Waals surface area (Å²) in [5.74, 6) is 0. The Labute approximate surface area is 87.6 Å². The van der Waals surface area contributed by atoms with Gasteiger partial charge in [-0.25, -0.2) is 0 Å².